The lowest BCUT2D eigenvalue weighted by Gasteiger charge is -2.52. The lowest BCUT2D eigenvalue weighted by Crippen LogP contribution is -2.67. The van der Waals surface area contributed by atoms with Gasteiger partial charge in [0.25, 0.3) is 0 Å². The minimum absolute atomic E-state index is 0.0493. The van der Waals surface area contributed by atoms with Crippen molar-refractivity contribution in [2.45, 2.75) is 147 Å². The lowest BCUT2D eigenvalue weighted by molar-refractivity contribution is -0.302. The summed E-state index contributed by atoms with van der Waals surface area (Å²) in [5.74, 6) is -3.18. The van der Waals surface area contributed by atoms with Crippen molar-refractivity contribution in [3.05, 3.63) is 287 Å². The van der Waals surface area contributed by atoms with Gasteiger partial charge in [-0.3, -0.25) is 4.79 Å². The van der Waals surface area contributed by atoms with Gasteiger partial charge in [0.1, 0.15) is 54.9 Å². The number of aliphatic carboxylic acids is 1. The van der Waals surface area contributed by atoms with E-state index in [-0.39, 0.29) is 59.5 Å². The molecule has 0 saturated carbocycles. The predicted octanol–water partition coefficient (Wildman–Crippen LogP) is 14.4. The molecule has 10 rings (SSSR count). The van der Waals surface area contributed by atoms with E-state index in [0.29, 0.717) is 19.4 Å². The van der Waals surface area contributed by atoms with Gasteiger partial charge in [0.15, 0.2) is 0 Å². The van der Waals surface area contributed by atoms with Crippen molar-refractivity contribution in [2.75, 3.05) is 13.2 Å². The summed E-state index contributed by atoms with van der Waals surface area (Å²) in [6.45, 7) is 4.04. The molecular weight excluding hydrogens is 1100 g/mol. The van der Waals surface area contributed by atoms with Gasteiger partial charge in [0.2, 0.25) is 0 Å². The van der Waals surface area contributed by atoms with Crippen molar-refractivity contribution in [1.29, 1.82) is 0 Å². The van der Waals surface area contributed by atoms with Crippen molar-refractivity contribution in [1.82, 2.24) is 0 Å². The molecule has 2 unspecified atom stereocenters. The van der Waals surface area contributed by atoms with Gasteiger partial charge in [-0.05, 0) is 50.9 Å². The Labute approximate surface area is 519 Å². The van der Waals surface area contributed by atoms with Crippen LogP contribution in [0.5, 0.6) is 0 Å². The molecule has 2 fully saturated rings. The number of carboxylic acid groups (broad SMARTS) is 1. The molecule has 0 aliphatic carbocycles. The van der Waals surface area contributed by atoms with E-state index >= 15 is 4.79 Å². The second-order valence-corrected chi connectivity index (χ2v) is 22.9. The van der Waals surface area contributed by atoms with E-state index in [1.807, 2.05) is 243 Å². The minimum atomic E-state index is -1.30. The Bertz CT molecular complexity index is 3170. The average Bonchev–Trinajstić information content (AvgIpc) is 1.39. The highest BCUT2D eigenvalue weighted by molar-refractivity contribution is 5.71. The molecule has 8 aromatic carbocycles. The third-order valence-corrected chi connectivity index (χ3v) is 16.5. The number of carboxylic acids is 1. The number of hydrogen-bond donors (Lipinski definition) is 1. The van der Waals surface area contributed by atoms with Crippen LogP contribution in [0.2, 0.25) is 0 Å². The number of ether oxygens (including phenoxy) is 10. The smallest absolute Gasteiger partial charge is 0.309 e. The monoisotopic (exact) mass is 1190 g/mol. The maximum absolute atomic E-state index is 15.3. The number of benzene rings is 8. The maximum atomic E-state index is 15.3. The lowest BCUT2D eigenvalue weighted by atomic mass is 9.73. The van der Waals surface area contributed by atoms with Gasteiger partial charge in [0, 0.05) is 5.92 Å². The standard InChI is InChI=1S/C76H84O12/c1-2-3-12-45-64(68-72(83-50-60-37-21-8-22-38-60)73(84-51-61-39-23-9-24-40-61)69(81-48-58-33-17-6-18-34-58)65(87-68)54-79-46-56-29-13-4-14-30-56)67(76(77)78)71-75(86-53-63-43-27-11-28-44-63)74(85-52-62-41-25-10-26-42-62)70(82-49-59-35-19-7-20-36-59)66(88-71)55-80-47-57-31-15-5-16-32-57/h4-11,13-44,64-75H,2-3,12,45-55H2,1H3,(H,77,78)/t64?,65-,66-,67?,68+,69-,70-,71+,72+,73+,74+,75+/m1/s1. The van der Waals surface area contributed by atoms with Gasteiger partial charge in [-0.1, -0.05) is 269 Å². The molecule has 8 aromatic rings. The molecule has 2 aliphatic heterocycles. The molecule has 0 spiro atoms. The van der Waals surface area contributed by atoms with Gasteiger partial charge < -0.3 is 52.5 Å². The van der Waals surface area contributed by atoms with Crippen molar-refractivity contribution >= 4 is 5.97 Å². The molecule has 2 aliphatic rings. The SMILES string of the molecule is CCCCCC(C(C(=O)O)[C@@H]1O[C@H](COCc2ccccc2)[C@@H](OCc2ccccc2)[C@H](OCc2ccccc2)[C@H]1OCc1ccccc1)[C@@H]1O[C@H](COCc2ccccc2)[C@@H](OCc2ccccc2)[C@H](OCc2ccccc2)[C@H]1OCc1ccccc1. The highest BCUT2D eigenvalue weighted by Crippen LogP contribution is 2.44. The first-order valence-electron chi connectivity index (χ1n) is 31.2. The first-order chi connectivity index (χ1) is 43.5. The van der Waals surface area contributed by atoms with Gasteiger partial charge >= 0.3 is 5.97 Å². The van der Waals surface area contributed by atoms with Gasteiger partial charge in [-0.2, -0.15) is 0 Å². The Morgan fingerprint density at radius 2 is 0.614 bits per heavy atom. The largest absolute Gasteiger partial charge is 0.481 e. The van der Waals surface area contributed by atoms with Crippen LogP contribution < -0.4 is 0 Å². The zero-order valence-corrected chi connectivity index (χ0v) is 50.4. The molecule has 2 heterocycles. The summed E-state index contributed by atoms with van der Waals surface area (Å²) in [7, 11) is 0. The van der Waals surface area contributed by atoms with E-state index in [4.69, 9.17) is 47.4 Å². The third kappa shape index (κ3) is 18.7. The van der Waals surface area contributed by atoms with E-state index in [1.165, 1.54) is 0 Å². The molecule has 12 nitrogen and oxygen atoms in total. The molecule has 1 N–H and O–H groups in total. The highest BCUT2D eigenvalue weighted by Gasteiger charge is 2.58. The number of carbonyl (C=O) groups is 1. The molecule has 0 bridgehead atoms. The average molecular weight is 1190 g/mol. The summed E-state index contributed by atoms with van der Waals surface area (Å²) < 4.78 is 71.9. The fraction of sp³-hybridized carbons (Fsp3) is 0.355. The van der Waals surface area contributed by atoms with E-state index in [2.05, 4.69) is 6.92 Å². The van der Waals surface area contributed by atoms with Crippen LogP contribution >= 0.6 is 0 Å². The van der Waals surface area contributed by atoms with E-state index < -0.39 is 78.8 Å². The number of rotatable bonds is 34. The van der Waals surface area contributed by atoms with Gasteiger partial charge in [0.05, 0.1) is 78.1 Å². The van der Waals surface area contributed by atoms with Gasteiger partial charge in [-0.25, -0.2) is 0 Å². The van der Waals surface area contributed by atoms with Crippen LogP contribution in [0.1, 0.15) is 77.1 Å². The summed E-state index contributed by atoms with van der Waals surface area (Å²) in [5.41, 5.74) is 7.59. The first-order valence-corrected chi connectivity index (χ1v) is 31.2. The second-order valence-electron chi connectivity index (χ2n) is 22.9. The van der Waals surface area contributed by atoms with Crippen molar-refractivity contribution < 1.29 is 57.3 Å². The van der Waals surface area contributed by atoms with E-state index in [1.54, 1.807) is 0 Å². The van der Waals surface area contributed by atoms with Crippen LogP contribution in [0.25, 0.3) is 0 Å². The van der Waals surface area contributed by atoms with Crippen LogP contribution in [-0.4, -0.2) is 85.3 Å². The Morgan fingerprint density at radius 1 is 0.352 bits per heavy atom. The molecule has 0 aromatic heterocycles. The molecular formula is C76H84O12. The van der Waals surface area contributed by atoms with Crippen LogP contribution in [0.3, 0.4) is 0 Å². The topological polar surface area (TPSA) is 130 Å². The fourth-order valence-electron chi connectivity index (χ4n) is 12.0. The summed E-state index contributed by atoms with van der Waals surface area (Å²) in [4.78, 5) is 15.3. The maximum Gasteiger partial charge on any atom is 0.309 e. The van der Waals surface area contributed by atoms with Crippen LogP contribution in [0.4, 0.5) is 0 Å². The predicted molar refractivity (Wildman–Crippen MR) is 338 cm³/mol. The zero-order chi connectivity index (χ0) is 60.4. The minimum Gasteiger partial charge on any atom is -0.481 e. The van der Waals surface area contributed by atoms with Crippen LogP contribution in [0, 0.1) is 11.8 Å². The summed E-state index contributed by atoms with van der Waals surface area (Å²) >= 11 is 0. The Hall–Kier alpha value is -7.17. The highest BCUT2D eigenvalue weighted by atomic mass is 16.6. The fourth-order valence-corrected chi connectivity index (χ4v) is 12.0. The van der Waals surface area contributed by atoms with Crippen molar-refractivity contribution in [3.63, 3.8) is 0 Å². The second kappa shape index (κ2) is 34.5. The van der Waals surface area contributed by atoms with E-state index in [9.17, 15) is 5.11 Å². The zero-order valence-electron chi connectivity index (χ0n) is 50.4. The summed E-state index contributed by atoms with van der Waals surface area (Å²) in [6.07, 6.45) is -6.08. The first kappa shape index (κ1) is 63.8. The normalized spacial score (nSPS) is 22.6. The molecule has 0 amide bonds. The Morgan fingerprint density at radius 3 is 0.909 bits per heavy atom. The van der Waals surface area contributed by atoms with Crippen molar-refractivity contribution in [3.8, 4) is 0 Å². The molecule has 88 heavy (non-hydrogen) atoms. The molecule has 12 atom stereocenters. The molecule has 460 valence electrons. The quantitative estimate of drug-likeness (QED) is 0.0386. The summed E-state index contributed by atoms with van der Waals surface area (Å²) in [6, 6.07) is 79.9. The summed E-state index contributed by atoms with van der Waals surface area (Å²) in [5, 5.41) is 12.5. The van der Waals surface area contributed by atoms with Crippen LogP contribution in [-0.2, 0) is 105 Å². The van der Waals surface area contributed by atoms with Gasteiger partial charge in [-0.15, -0.1) is 0 Å². The van der Waals surface area contributed by atoms with Crippen molar-refractivity contribution in [2.24, 2.45) is 11.8 Å². The Kier molecular flexibility index (Phi) is 25.1. The molecule has 0 radical (unpaired) electrons. The molecule has 2 saturated heterocycles. The Balaban J connectivity index is 1.11. The number of unbranched alkanes of at least 4 members (excludes halogenated alkanes) is 2. The third-order valence-electron chi connectivity index (χ3n) is 16.5. The van der Waals surface area contributed by atoms with Crippen LogP contribution in [0.15, 0.2) is 243 Å². The number of hydrogen-bond acceptors (Lipinski definition) is 11. The molecule has 12 heteroatoms. The van der Waals surface area contributed by atoms with E-state index in [0.717, 1.165) is 57.3 Å².